The lowest BCUT2D eigenvalue weighted by Crippen LogP contribution is -2.47. The first kappa shape index (κ1) is 10.5. The van der Waals surface area contributed by atoms with Crippen molar-refractivity contribution in [3.05, 3.63) is 0 Å². The quantitative estimate of drug-likeness (QED) is 0.637. The molecule has 1 fully saturated rings. The van der Waals surface area contributed by atoms with Gasteiger partial charge in [-0.25, -0.2) is 0 Å². The highest BCUT2D eigenvalue weighted by Gasteiger charge is 2.43. The maximum absolute atomic E-state index is 11.1. The van der Waals surface area contributed by atoms with Gasteiger partial charge in [0.2, 0.25) is 0 Å². The van der Waals surface area contributed by atoms with Crippen molar-refractivity contribution >= 4 is 5.97 Å². The standard InChI is InChI=1S/C9H17NO3/c1-6-4-9(10,7(2)13-6)5-8(11)12-3/h6-7H,4-5,10H2,1-3H3. The van der Waals surface area contributed by atoms with Gasteiger partial charge in [-0.1, -0.05) is 0 Å². The van der Waals surface area contributed by atoms with Gasteiger partial charge in [-0.3, -0.25) is 4.79 Å². The third kappa shape index (κ3) is 2.19. The van der Waals surface area contributed by atoms with E-state index < -0.39 is 5.54 Å². The van der Waals surface area contributed by atoms with Crippen molar-refractivity contribution in [3.8, 4) is 0 Å². The summed E-state index contributed by atoms with van der Waals surface area (Å²) in [7, 11) is 1.37. The van der Waals surface area contributed by atoms with E-state index in [4.69, 9.17) is 10.5 Å². The summed E-state index contributed by atoms with van der Waals surface area (Å²) in [6.07, 6.45) is 0.990. The van der Waals surface area contributed by atoms with Crippen molar-refractivity contribution in [1.82, 2.24) is 0 Å². The van der Waals surface area contributed by atoms with E-state index in [1.54, 1.807) is 0 Å². The largest absolute Gasteiger partial charge is 0.469 e. The molecule has 1 rings (SSSR count). The van der Waals surface area contributed by atoms with Crippen LogP contribution in [0.15, 0.2) is 0 Å². The van der Waals surface area contributed by atoms with Gasteiger partial charge >= 0.3 is 5.97 Å². The SMILES string of the molecule is COC(=O)CC1(N)CC(C)OC1C. The summed E-state index contributed by atoms with van der Waals surface area (Å²) in [6, 6.07) is 0. The fourth-order valence-electron chi connectivity index (χ4n) is 1.79. The van der Waals surface area contributed by atoms with Crippen molar-refractivity contribution in [1.29, 1.82) is 0 Å². The van der Waals surface area contributed by atoms with Crippen LogP contribution in [0.4, 0.5) is 0 Å². The van der Waals surface area contributed by atoms with Gasteiger partial charge in [0, 0.05) is 0 Å². The topological polar surface area (TPSA) is 61.5 Å². The van der Waals surface area contributed by atoms with Crippen molar-refractivity contribution in [2.24, 2.45) is 5.73 Å². The molecule has 0 bridgehead atoms. The molecule has 0 saturated carbocycles. The van der Waals surface area contributed by atoms with Crippen LogP contribution in [0.3, 0.4) is 0 Å². The first-order valence-corrected chi connectivity index (χ1v) is 4.49. The highest BCUT2D eigenvalue weighted by Crippen LogP contribution is 2.31. The summed E-state index contributed by atoms with van der Waals surface area (Å²) >= 11 is 0. The Kier molecular flexibility index (Phi) is 2.93. The number of nitrogens with two attached hydrogens (primary N) is 1. The highest BCUT2D eigenvalue weighted by molar-refractivity contribution is 5.70. The fourth-order valence-corrected chi connectivity index (χ4v) is 1.79. The lowest BCUT2D eigenvalue weighted by molar-refractivity contribution is -0.142. The molecule has 4 nitrogen and oxygen atoms in total. The third-order valence-corrected chi connectivity index (χ3v) is 2.61. The van der Waals surface area contributed by atoms with Crippen molar-refractivity contribution in [2.75, 3.05) is 7.11 Å². The van der Waals surface area contributed by atoms with E-state index in [2.05, 4.69) is 4.74 Å². The number of esters is 1. The molecule has 1 saturated heterocycles. The Hall–Kier alpha value is -0.610. The molecule has 0 radical (unpaired) electrons. The minimum absolute atomic E-state index is 0.0819. The van der Waals surface area contributed by atoms with Gasteiger partial charge in [-0.05, 0) is 20.3 Å². The van der Waals surface area contributed by atoms with E-state index in [-0.39, 0.29) is 24.6 Å². The zero-order valence-corrected chi connectivity index (χ0v) is 8.37. The monoisotopic (exact) mass is 187 g/mol. The van der Waals surface area contributed by atoms with Gasteiger partial charge in [0.1, 0.15) is 0 Å². The van der Waals surface area contributed by atoms with Crippen LogP contribution in [0.25, 0.3) is 0 Å². The van der Waals surface area contributed by atoms with Crippen LogP contribution < -0.4 is 5.73 Å². The molecule has 0 aromatic heterocycles. The van der Waals surface area contributed by atoms with Crippen LogP contribution in [-0.2, 0) is 14.3 Å². The fraction of sp³-hybridized carbons (Fsp3) is 0.889. The van der Waals surface area contributed by atoms with Crippen LogP contribution in [0.2, 0.25) is 0 Å². The summed E-state index contributed by atoms with van der Waals surface area (Å²) in [5, 5.41) is 0. The van der Waals surface area contributed by atoms with Crippen molar-refractivity contribution in [2.45, 2.75) is 44.4 Å². The van der Waals surface area contributed by atoms with E-state index in [1.807, 2.05) is 13.8 Å². The maximum Gasteiger partial charge on any atom is 0.307 e. The number of hydrogen-bond donors (Lipinski definition) is 1. The first-order chi connectivity index (χ1) is 5.98. The van der Waals surface area contributed by atoms with Crippen LogP contribution in [0, 0.1) is 0 Å². The number of hydrogen-bond acceptors (Lipinski definition) is 4. The lowest BCUT2D eigenvalue weighted by atomic mass is 9.88. The molecule has 1 aliphatic heterocycles. The Bertz CT molecular complexity index is 207. The zero-order chi connectivity index (χ0) is 10.1. The van der Waals surface area contributed by atoms with Crippen LogP contribution in [-0.4, -0.2) is 30.8 Å². The Morgan fingerprint density at radius 2 is 2.31 bits per heavy atom. The summed E-state index contributed by atoms with van der Waals surface area (Å²) in [4.78, 5) is 11.1. The predicted octanol–water partition coefficient (Wildman–Crippen LogP) is 0.444. The smallest absolute Gasteiger partial charge is 0.307 e. The summed E-state index contributed by atoms with van der Waals surface area (Å²) in [5.41, 5.74) is 5.49. The molecule has 0 aromatic carbocycles. The molecule has 3 unspecified atom stereocenters. The molecule has 0 aromatic rings. The van der Waals surface area contributed by atoms with E-state index in [1.165, 1.54) is 7.11 Å². The zero-order valence-electron chi connectivity index (χ0n) is 8.37. The molecule has 2 N–H and O–H groups in total. The Morgan fingerprint density at radius 1 is 1.69 bits per heavy atom. The maximum atomic E-state index is 11.1. The van der Waals surface area contributed by atoms with Crippen LogP contribution >= 0.6 is 0 Å². The molecule has 3 atom stereocenters. The van der Waals surface area contributed by atoms with Gasteiger partial charge in [-0.15, -0.1) is 0 Å². The molecule has 13 heavy (non-hydrogen) atoms. The second-order valence-electron chi connectivity index (χ2n) is 3.78. The van der Waals surface area contributed by atoms with Gasteiger partial charge in [0.15, 0.2) is 0 Å². The molecule has 0 amide bonds. The van der Waals surface area contributed by atoms with Crippen molar-refractivity contribution < 1.29 is 14.3 Å². The average molecular weight is 187 g/mol. The molecule has 1 aliphatic rings. The van der Waals surface area contributed by atoms with Crippen LogP contribution in [0.5, 0.6) is 0 Å². The van der Waals surface area contributed by atoms with Gasteiger partial charge < -0.3 is 15.2 Å². The normalized spacial score (nSPS) is 39.1. The number of rotatable bonds is 2. The Labute approximate surface area is 78.4 Å². The number of ether oxygens (including phenoxy) is 2. The molecular weight excluding hydrogens is 170 g/mol. The predicted molar refractivity (Wildman–Crippen MR) is 48.2 cm³/mol. The first-order valence-electron chi connectivity index (χ1n) is 4.49. The Morgan fingerprint density at radius 3 is 2.69 bits per heavy atom. The van der Waals surface area contributed by atoms with Gasteiger partial charge in [0.05, 0.1) is 31.3 Å². The molecule has 0 aliphatic carbocycles. The molecule has 76 valence electrons. The summed E-state index contributed by atoms with van der Waals surface area (Å²) < 4.78 is 10.1. The molecule has 1 heterocycles. The molecule has 0 spiro atoms. The summed E-state index contributed by atoms with van der Waals surface area (Å²) in [5.74, 6) is -0.271. The minimum atomic E-state index is -0.549. The third-order valence-electron chi connectivity index (χ3n) is 2.61. The number of methoxy groups -OCH3 is 1. The van der Waals surface area contributed by atoms with Crippen molar-refractivity contribution in [3.63, 3.8) is 0 Å². The Balaban J connectivity index is 2.60. The molecular formula is C9H17NO3. The van der Waals surface area contributed by atoms with Gasteiger partial charge in [-0.2, -0.15) is 0 Å². The van der Waals surface area contributed by atoms with E-state index in [0.717, 1.165) is 0 Å². The highest BCUT2D eigenvalue weighted by atomic mass is 16.5. The molecule has 4 heteroatoms. The van der Waals surface area contributed by atoms with E-state index >= 15 is 0 Å². The van der Waals surface area contributed by atoms with E-state index in [0.29, 0.717) is 6.42 Å². The lowest BCUT2D eigenvalue weighted by Gasteiger charge is -2.25. The summed E-state index contributed by atoms with van der Waals surface area (Å²) in [6.45, 7) is 3.86. The minimum Gasteiger partial charge on any atom is -0.469 e. The second-order valence-corrected chi connectivity index (χ2v) is 3.78. The average Bonchev–Trinajstić information content (AvgIpc) is 2.25. The van der Waals surface area contributed by atoms with Crippen LogP contribution in [0.1, 0.15) is 26.7 Å². The second kappa shape index (κ2) is 3.64. The number of carbonyl (C=O) groups excluding carboxylic acids is 1. The van der Waals surface area contributed by atoms with Gasteiger partial charge in [0.25, 0.3) is 0 Å². The number of carbonyl (C=O) groups is 1. The van der Waals surface area contributed by atoms with E-state index in [9.17, 15) is 4.79 Å².